The lowest BCUT2D eigenvalue weighted by Crippen LogP contribution is -2.46. The maximum atomic E-state index is 11.1. The molecule has 0 aromatic rings. The molecular formula is C19H34O3Si. The highest BCUT2D eigenvalue weighted by molar-refractivity contribution is 6.69. The molecule has 2 aliphatic carbocycles. The topological polar surface area (TPSA) is 46.5 Å². The lowest BCUT2D eigenvalue weighted by Gasteiger charge is -2.47. The van der Waals surface area contributed by atoms with Crippen LogP contribution in [0.2, 0.25) is 19.6 Å². The Kier molecular flexibility index (Phi) is 5.46. The van der Waals surface area contributed by atoms with E-state index in [0.717, 1.165) is 0 Å². The number of carboxylic acids is 1. The fraction of sp³-hybridized carbons (Fsp3) is 0.842. The number of carboxylic acid groups (broad SMARTS) is 1. The average Bonchev–Trinajstić information content (AvgIpc) is 2.75. The van der Waals surface area contributed by atoms with Gasteiger partial charge >= 0.3 is 5.97 Å². The first-order valence-electron chi connectivity index (χ1n) is 9.14. The number of carbonyl (C=O) groups is 1. The summed E-state index contributed by atoms with van der Waals surface area (Å²) < 4.78 is 6.53. The van der Waals surface area contributed by atoms with Gasteiger partial charge in [-0.15, -0.1) is 0 Å². The molecule has 132 valence electrons. The summed E-state index contributed by atoms with van der Waals surface area (Å²) in [7, 11) is -1.52. The Hall–Kier alpha value is -0.613. The summed E-state index contributed by atoms with van der Waals surface area (Å²) in [5.74, 6) is 0.760. The third kappa shape index (κ3) is 4.08. The molecule has 0 amide bonds. The van der Waals surface area contributed by atoms with Crippen molar-refractivity contribution >= 4 is 14.3 Å². The summed E-state index contributed by atoms with van der Waals surface area (Å²) in [4.78, 5) is 11.1. The number of allylic oxidation sites excluding steroid dienone is 1. The van der Waals surface area contributed by atoms with Gasteiger partial charge in [0, 0.05) is 11.7 Å². The largest absolute Gasteiger partial charge is 0.478 e. The van der Waals surface area contributed by atoms with Gasteiger partial charge in [0.15, 0.2) is 8.32 Å². The molecule has 2 fully saturated rings. The average molecular weight is 339 g/mol. The van der Waals surface area contributed by atoms with Crippen molar-refractivity contribution in [2.75, 3.05) is 0 Å². The monoisotopic (exact) mass is 338 g/mol. The number of fused-ring (bicyclic) bond motifs is 1. The molecule has 5 atom stereocenters. The van der Waals surface area contributed by atoms with Crippen molar-refractivity contribution in [3.05, 3.63) is 11.6 Å². The van der Waals surface area contributed by atoms with E-state index in [0.29, 0.717) is 34.8 Å². The SMILES string of the molecule is CC(=C[C@@H](C)[C@H]1CCC2C(O[Si](C)(C)C)CCC[C@@]21C)C(=O)O. The van der Waals surface area contributed by atoms with Gasteiger partial charge in [-0.2, -0.15) is 0 Å². The highest BCUT2D eigenvalue weighted by Crippen LogP contribution is 2.58. The summed E-state index contributed by atoms with van der Waals surface area (Å²) in [6, 6.07) is 0. The van der Waals surface area contributed by atoms with Crippen molar-refractivity contribution < 1.29 is 14.3 Å². The van der Waals surface area contributed by atoms with Crippen LogP contribution in [0.3, 0.4) is 0 Å². The molecule has 2 saturated carbocycles. The van der Waals surface area contributed by atoms with E-state index in [-0.39, 0.29) is 0 Å². The third-order valence-electron chi connectivity index (χ3n) is 6.13. The van der Waals surface area contributed by atoms with Crippen LogP contribution in [0.1, 0.15) is 52.9 Å². The van der Waals surface area contributed by atoms with Crippen molar-refractivity contribution in [1.82, 2.24) is 0 Å². The zero-order valence-corrected chi connectivity index (χ0v) is 16.7. The number of aliphatic carboxylic acids is 1. The lowest BCUT2D eigenvalue weighted by atomic mass is 9.62. The highest BCUT2D eigenvalue weighted by atomic mass is 28.4. The van der Waals surface area contributed by atoms with E-state index in [4.69, 9.17) is 9.53 Å². The first-order chi connectivity index (χ1) is 10.5. The molecule has 2 aliphatic rings. The molecule has 0 spiro atoms. The van der Waals surface area contributed by atoms with E-state index in [1.165, 1.54) is 32.1 Å². The zero-order valence-electron chi connectivity index (χ0n) is 15.7. The molecule has 3 nitrogen and oxygen atoms in total. The highest BCUT2D eigenvalue weighted by Gasteiger charge is 2.53. The van der Waals surface area contributed by atoms with Gasteiger partial charge in [0.05, 0.1) is 0 Å². The smallest absolute Gasteiger partial charge is 0.330 e. The van der Waals surface area contributed by atoms with Gasteiger partial charge in [-0.25, -0.2) is 4.79 Å². The Morgan fingerprint density at radius 1 is 1.30 bits per heavy atom. The molecule has 0 aromatic carbocycles. The fourth-order valence-corrected chi connectivity index (χ4v) is 6.39. The van der Waals surface area contributed by atoms with Crippen molar-refractivity contribution in [1.29, 1.82) is 0 Å². The molecule has 0 aromatic heterocycles. The van der Waals surface area contributed by atoms with E-state index >= 15 is 0 Å². The van der Waals surface area contributed by atoms with Gasteiger partial charge in [-0.3, -0.25) is 0 Å². The number of rotatable bonds is 5. The maximum Gasteiger partial charge on any atom is 0.330 e. The van der Waals surface area contributed by atoms with Gasteiger partial charge in [0.2, 0.25) is 0 Å². The Bertz CT molecular complexity index is 479. The maximum absolute atomic E-state index is 11.1. The van der Waals surface area contributed by atoms with Crippen LogP contribution in [0.25, 0.3) is 0 Å². The number of hydrogen-bond donors (Lipinski definition) is 1. The molecule has 0 heterocycles. The first-order valence-corrected chi connectivity index (χ1v) is 12.5. The molecule has 2 unspecified atom stereocenters. The van der Waals surface area contributed by atoms with Crippen molar-refractivity contribution in [3.63, 3.8) is 0 Å². The third-order valence-corrected chi connectivity index (χ3v) is 7.14. The molecule has 0 aliphatic heterocycles. The van der Waals surface area contributed by atoms with E-state index in [2.05, 4.69) is 33.5 Å². The summed E-state index contributed by atoms with van der Waals surface area (Å²) in [6.07, 6.45) is 8.55. The second-order valence-corrected chi connectivity index (χ2v) is 13.4. The van der Waals surface area contributed by atoms with Crippen LogP contribution >= 0.6 is 0 Å². The predicted octanol–water partition coefficient (Wildman–Crippen LogP) is 5.09. The second kappa shape index (κ2) is 6.71. The van der Waals surface area contributed by atoms with Crippen LogP contribution in [0, 0.1) is 23.2 Å². The predicted molar refractivity (Wildman–Crippen MR) is 96.9 cm³/mol. The summed E-state index contributed by atoms with van der Waals surface area (Å²) in [5.41, 5.74) is 0.785. The quantitative estimate of drug-likeness (QED) is 0.561. The van der Waals surface area contributed by atoms with Gasteiger partial charge in [-0.1, -0.05) is 26.3 Å². The molecular weight excluding hydrogens is 304 g/mol. The molecule has 0 saturated heterocycles. The van der Waals surface area contributed by atoms with Gasteiger partial charge in [-0.05, 0) is 75.4 Å². The van der Waals surface area contributed by atoms with E-state index < -0.39 is 14.3 Å². The van der Waals surface area contributed by atoms with Crippen molar-refractivity contribution in [2.24, 2.45) is 23.2 Å². The number of hydrogen-bond acceptors (Lipinski definition) is 2. The van der Waals surface area contributed by atoms with E-state index in [1.54, 1.807) is 6.92 Å². The molecule has 1 N–H and O–H groups in total. The molecule has 4 heteroatoms. The van der Waals surface area contributed by atoms with Crippen LogP contribution in [0.4, 0.5) is 0 Å². The lowest BCUT2D eigenvalue weighted by molar-refractivity contribution is -0.132. The minimum atomic E-state index is -1.52. The van der Waals surface area contributed by atoms with E-state index in [9.17, 15) is 4.79 Å². The zero-order chi connectivity index (χ0) is 17.4. The Morgan fingerprint density at radius 2 is 1.96 bits per heavy atom. The normalized spacial score (nSPS) is 36.6. The van der Waals surface area contributed by atoms with Gasteiger partial charge in [0.1, 0.15) is 0 Å². The Morgan fingerprint density at radius 3 is 2.52 bits per heavy atom. The molecule has 23 heavy (non-hydrogen) atoms. The summed E-state index contributed by atoms with van der Waals surface area (Å²) in [5, 5.41) is 9.16. The van der Waals surface area contributed by atoms with Crippen LogP contribution in [-0.2, 0) is 9.22 Å². The van der Waals surface area contributed by atoms with Gasteiger partial charge in [0.25, 0.3) is 0 Å². The minimum absolute atomic E-state index is 0.303. The van der Waals surface area contributed by atoms with E-state index in [1.807, 2.05) is 6.08 Å². The fourth-order valence-electron chi connectivity index (χ4n) is 5.20. The second-order valence-electron chi connectivity index (χ2n) is 8.97. The Labute approximate surface area is 142 Å². The molecule has 2 rings (SSSR count). The standard InChI is InChI=1S/C19H34O3Si/c1-13(12-14(2)18(20)21)15-9-10-16-17(22-23(4,5)6)8-7-11-19(15,16)3/h12-13,15-17H,7-11H2,1-6H3,(H,20,21)/t13-,15-,16?,17?,19-/m1/s1. The summed E-state index contributed by atoms with van der Waals surface area (Å²) in [6.45, 7) is 13.2. The first kappa shape index (κ1) is 18.7. The van der Waals surface area contributed by atoms with Crippen LogP contribution in [0.15, 0.2) is 11.6 Å². The van der Waals surface area contributed by atoms with Crippen LogP contribution < -0.4 is 0 Å². The van der Waals surface area contributed by atoms with Crippen LogP contribution in [0.5, 0.6) is 0 Å². The van der Waals surface area contributed by atoms with Crippen LogP contribution in [-0.4, -0.2) is 25.5 Å². The van der Waals surface area contributed by atoms with Crippen molar-refractivity contribution in [3.8, 4) is 0 Å². The molecule has 0 bridgehead atoms. The summed E-state index contributed by atoms with van der Waals surface area (Å²) >= 11 is 0. The van der Waals surface area contributed by atoms with Crippen molar-refractivity contribution in [2.45, 2.75) is 78.6 Å². The minimum Gasteiger partial charge on any atom is -0.478 e. The Balaban J connectivity index is 2.17. The molecule has 0 radical (unpaired) electrons. The van der Waals surface area contributed by atoms with Gasteiger partial charge < -0.3 is 9.53 Å².